The van der Waals surface area contributed by atoms with Crippen molar-refractivity contribution < 1.29 is 13.9 Å². The Kier molecular flexibility index (Phi) is 5.26. The van der Waals surface area contributed by atoms with Gasteiger partial charge in [-0.2, -0.15) is 0 Å². The number of ether oxygens (including phenoxy) is 1. The van der Waals surface area contributed by atoms with E-state index in [2.05, 4.69) is 20.6 Å². The minimum absolute atomic E-state index is 0.259. The first kappa shape index (κ1) is 19.1. The quantitative estimate of drug-likeness (QED) is 0.624. The number of carbonyl (C=O) groups excluding carboxylic acids is 1. The lowest BCUT2D eigenvalue weighted by molar-refractivity contribution is -0.138. The van der Waals surface area contributed by atoms with Gasteiger partial charge in [0, 0.05) is 11.4 Å². The molecule has 2 heterocycles. The fourth-order valence-electron chi connectivity index (χ4n) is 3.17. The highest BCUT2D eigenvalue weighted by Gasteiger charge is 2.30. The third kappa shape index (κ3) is 3.97. The van der Waals surface area contributed by atoms with Crippen LogP contribution in [0.2, 0.25) is 0 Å². The number of allylic oxidation sites excluding steroid dienone is 1. The van der Waals surface area contributed by atoms with E-state index in [1.807, 2.05) is 18.2 Å². The van der Waals surface area contributed by atoms with Gasteiger partial charge in [-0.1, -0.05) is 12.1 Å². The van der Waals surface area contributed by atoms with Crippen molar-refractivity contribution in [2.24, 2.45) is 4.99 Å². The Morgan fingerprint density at radius 2 is 2.07 bits per heavy atom. The maximum absolute atomic E-state index is 13.4. The molecule has 0 radical (unpaired) electrons. The molecule has 0 saturated heterocycles. The average molecular weight is 410 g/mol. The molecule has 1 unspecified atom stereocenters. The van der Waals surface area contributed by atoms with E-state index in [0.717, 1.165) is 15.9 Å². The molecule has 148 valence electrons. The van der Waals surface area contributed by atoms with E-state index in [1.54, 1.807) is 42.8 Å². The molecule has 0 spiro atoms. The van der Waals surface area contributed by atoms with E-state index in [0.29, 0.717) is 22.8 Å². The maximum Gasteiger partial charge on any atom is 0.338 e. The van der Waals surface area contributed by atoms with Gasteiger partial charge in [0.05, 0.1) is 27.9 Å². The van der Waals surface area contributed by atoms with Gasteiger partial charge in [-0.25, -0.2) is 19.2 Å². The summed E-state index contributed by atoms with van der Waals surface area (Å²) in [6.45, 7) is 3.81. The average Bonchev–Trinajstić information content (AvgIpc) is 3.16. The lowest BCUT2D eigenvalue weighted by atomic mass is 9.96. The number of benzene rings is 2. The molecule has 2 N–H and O–H groups in total. The summed E-state index contributed by atoms with van der Waals surface area (Å²) in [4.78, 5) is 21.5. The van der Waals surface area contributed by atoms with Crippen LogP contribution in [-0.2, 0) is 9.53 Å². The van der Waals surface area contributed by atoms with Crippen LogP contribution in [-0.4, -0.2) is 23.5 Å². The molecular formula is C21H19FN4O2S. The van der Waals surface area contributed by atoms with Crippen molar-refractivity contribution in [2.45, 2.75) is 19.9 Å². The molecule has 0 fully saturated rings. The van der Waals surface area contributed by atoms with Gasteiger partial charge in [0.25, 0.3) is 0 Å². The molecule has 1 aliphatic rings. The van der Waals surface area contributed by atoms with E-state index >= 15 is 0 Å². The summed E-state index contributed by atoms with van der Waals surface area (Å²) in [5.74, 6) is -0.296. The Bertz CT molecular complexity index is 1120. The van der Waals surface area contributed by atoms with Crippen molar-refractivity contribution in [3.8, 4) is 0 Å². The molecule has 4 rings (SSSR count). The van der Waals surface area contributed by atoms with E-state index in [1.165, 1.54) is 12.1 Å². The first-order valence-corrected chi connectivity index (χ1v) is 10.0. The molecule has 0 bridgehead atoms. The second-order valence-electron chi connectivity index (χ2n) is 6.48. The zero-order chi connectivity index (χ0) is 20.4. The summed E-state index contributed by atoms with van der Waals surface area (Å²) in [6, 6.07) is 11.2. The SMILES string of the molecule is CCOC(=O)C1=C(C)NC(Nc2ccc3ncsc3c2)=NC1c1ccc(F)cc1. The van der Waals surface area contributed by atoms with Crippen LogP contribution in [0.4, 0.5) is 10.1 Å². The lowest BCUT2D eigenvalue weighted by Crippen LogP contribution is -2.36. The first-order valence-electron chi connectivity index (χ1n) is 9.13. The molecule has 0 aliphatic carbocycles. The number of hydrogen-bond acceptors (Lipinski definition) is 7. The standard InChI is InChI=1S/C21H19FN4O2S/c1-3-28-20(27)18-12(2)24-21(26-19(18)13-4-6-14(22)7-5-13)25-15-8-9-16-17(10-15)29-11-23-16/h4-11,19H,3H2,1-2H3,(H2,24,25,26). The third-order valence-electron chi connectivity index (χ3n) is 4.52. The second-order valence-corrected chi connectivity index (χ2v) is 7.36. The van der Waals surface area contributed by atoms with Crippen LogP contribution >= 0.6 is 11.3 Å². The Morgan fingerprint density at radius 1 is 1.28 bits per heavy atom. The van der Waals surface area contributed by atoms with Crippen molar-refractivity contribution in [2.75, 3.05) is 11.9 Å². The van der Waals surface area contributed by atoms with Crippen molar-refractivity contribution in [3.05, 3.63) is 70.6 Å². The van der Waals surface area contributed by atoms with E-state index < -0.39 is 12.0 Å². The molecule has 1 aromatic heterocycles. The largest absolute Gasteiger partial charge is 0.463 e. The fraction of sp³-hybridized carbons (Fsp3) is 0.190. The zero-order valence-corrected chi connectivity index (χ0v) is 16.7. The number of halogens is 1. The van der Waals surface area contributed by atoms with Gasteiger partial charge in [0.2, 0.25) is 5.96 Å². The number of aromatic nitrogens is 1. The Hall–Kier alpha value is -3.26. The van der Waals surface area contributed by atoms with Crippen molar-refractivity contribution in [3.63, 3.8) is 0 Å². The summed E-state index contributed by atoms with van der Waals surface area (Å²) in [5.41, 5.74) is 5.32. The number of carbonyl (C=O) groups is 1. The minimum Gasteiger partial charge on any atom is -0.463 e. The number of fused-ring (bicyclic) bond motifs is 1. The first-order chi connectivity index (χ1) is 14.0. The highest BCUT2D eigenvalue weighted by Crippen LogP contribution is 2.32. The van der Waals surface area contributed by atoms with Gasteiger partial charge >= 0.3 is 5.97 Å². The molecule has 29 heavy (non-hydrogen) atoms. The number of nitrogens with one attached hydrogen (secondary N) is 2. The number of rotatable bonds is 4. The molecule has 0 saturated carbocycles. The van der Waals surface area contributed by atoms with Crippen LogP contribution in [0.15, 0.2) is 64.2 Å². The van der Waals surface area contributed by atoms with Gasteiger partial charge in [0.15, 0.2) is 0 Å². The van der Waals surface area contributed by atoms with E-state index in [-0.39, 0.29) is 12.4 Å². The summed E-state index contributed by atoms with van der Waals surface area (Å²) in [7, 11) is 0. The second kappa shape index (κ2) is 8.00. The number of guanidine groups is 1. The summed E-state index contributed by atoms with van der Waals surface area (Å²) >= 11 is 1.56. The Morgan fingerprint density at radius 3 is 2.83 bits per heavy atom. The van der Waals surface area contributed by atoms with Crippen LogP contribution in [0.3, 0.4) is 0 Å². The van der Waals surface area contributed by atoms with Crippen LogP contribution in [0.5, 0.6) is 0 Å². The third-order valence-corrected chi connectivity index (χ3v) is 5.31. The molecule has 3 aromatic rings. The Balaban J connectivity index is 1.68. The summed E-state index contributed by atoms with van der Waals surface area (Å²) in [5, 5.41) is 6.39. The molecule has 0 amide bonds. The molecule has 2 aromatic carbocycles. The smallest absolute Gasteiger partial charge is 0.338 e. The zero-order valence-electron chi connectivity index (χ0n) is 15.9. The predicted octanol–water partition coefficient (Wildman–Crippen LogP) is 4.38. The van der Waals surface area contributed by atoms with Crippen LogP contribution in [0.1, 0.15) is 25.5 Å². The number of thiazole rings is 1. The normalized spacial score (nSPS) is 16.4. The highest BCUT2D eigenvalue weighted by molar-refractivity contribution is 7.16. The number of nitrogens with zero attached hydrogens (tertiary/aromatic N) is 2. The van der Waals surface area contributed by atoms with Gasteiger partial charge in [-0.15, -0.1) is 11.3 Å². The molecule has 1 atom stereocenters. The number of anilines is 1. The van der Waals surface area contributed by atoms with E-state index in [4.69, 9.17) is 4.74 Å². The van der Waals surface area contributed by atoms with E-state index in [9.17, 15) is 9.18 Å². The maximum atomic E-state index is 13.4. The summed E-state index contributed by atoms with van der Waals surface area (Å²) in [6.07, 6.45) is 0. The van der Waals surface area contributed by atoms with Crippen LogP contribution < -0.4 is 10.6 Å². The fourth-order valence-corrected chi connectivity index (χ4v) is 3.89. The van der Waals surface area contributed by atoms with Gasteiger partial charge in [0.1, 0.15) is 11.9 Å². The lowest BCUT2D eigenvalue weighted by Gasteiger charge is -2.26. The van der Waals surface area contributed by atoms with Crippen molar-refractivity contribution in [1.82, 2.24) is 10.3 Å². The molecule has 6 nitrogen and oxygen atoms in total. The van der Waals surface area contributed by atoms with Crippen molar-refractivity contribution in [1.29, 1.82) is 0 Å². The number of hydrogen-bond donors (Lipinski definition) is 2. The molecule has 1 aliphatic heterocycles. The Labute approximate surface area is 171 Å². The van der Waals surface area contributed by atoms with Gasteiger partial charge in [-0.3, -0.25) is 0 Å². The predicted molar refractivity (Wildman–Crippen MR) is 112 cm³/mol. The molecule has 8 heteroatoms. The number of esters is 1. The van der Waals surface area contributed by atoms with Gasteiger partial charge in [-0.05, 0) is 49.7 Å². The minimum atomic E-state index is -0.606. The summed E-state index contributed by atoms with van der Waals surface area (Å²) < 4.78 is 19.7. The number of aliphatic imine (C=N–C) groups is 1. The monoisotopic (exact) mass is 410 g/mol. The van der Waals surface area contributed by atoms with Crippen LogP contribution in [0.25, 0.3) is 10.2 Å². The van der Waals surface area contributed by atoms with Gasteiger partial charge < -0.3 is 15.4 Å². The highest BCUT2D eigenvalue weighted by atomic mass is 32.1. The van der Waals surface area contributed by atoms with Crippen LogP contribution in [0, 0.1) is 5.82 Å². The topological polar surface area (TPSA) is 75.6 Å². The van der Waals surface area contributed by atoms with Crippen molar-refractivity contribution >= 4 is 39.2 Å². The molecular weight excluding hydrogens is 391 g/mol.